The highest BCUT2D eigenvalue weighted by molar-refractivity contribution is 7.89. The highest BCUT2D eigenvalue weighted by Crippen LogP contribution is 2.16. The second kappa shape index (κ2) is 6.35. The maximum absolute atomic E-state index is 12.1. The maximum Gasteiger partial charge on any atom is 0.252 e. The molecular weight excluding hydrogens is 318 g/mol. The molecule has 3 N–H and O–H groups in total. The van der Waals surface area contributed by atoms with E-state index in [4.69, 9.17) is 5.14 Å². The van der Waals surface area contributed by atoms with Gasteiger partial charge < -0.3 is 9.88 Å². The Morgan fingerprint density at radius 2 is 1.83 bits per heavy atom. The second-order valence-corrected chi connectivity index (χ2v) is 6.74. The van der Waals surface area contributed by atoms with Crippen LogP contribution in [0.25, 0.3) is 0 Å². The fourth-order valence-electron chi connectivity index (χ4n) is 2.00. The molecule has 0 saturated carbocycles. The molecule has 0 aliphatic rings. The van der Waals surface area contributed by atoms with Crippen LogP contribution >= 0.6 is 0 Å². The SMILES string of the molecule is C[C@H](NC(=O)c1ccn(C)c(=O)c1)c1ccc(S(N)(=O)=O)cc1. The lowest BCUT2D eigenvalue weighted by molar-refractivity contribution is 0.0939. The van der Waals surface area contributed by atoms with Gasteiger partial charge in [0.25, 0.3) is 11.5 Å². The van der Waals surface area contributed by atoms with Crippen LogP contribution in [0, 0.1) is 0 Å². The van der Waals surface area contributed by atoms with Crippen molar-refractivity contribution in [1.82, 2.24) is 9.88 Å². The summed E-state index contributed by atoms with van der Waals surface area (Å²) in [4.78, 5) is 23.7. The van der Waals surface area contributed by atoms with Gasteiger partial charge >= 0.3 is 0 Å². The van der Waals surface area contributed by atoms with Gasteiger partial charge in [0.2, 0.25) is 10.0 Å². The van der Waals surface area contributed by atoms with Crippen molar-refractivity contribution in [3.05, 3.63) is 64.1 Å². The molecule has 122 valence electrons. The van der Waals surface area contributed by atoms with E-state index in [0.29, 0.717) is 0 Å². The van der Waals surface area contributed by atoms with Crippen LogP contribution in [0.4, 0.5) is 0 Å². The molecule has 0 aliphatic carbocycles. The summed E-state index contributed by atoms with van der Waals surface area (Å²) in [5.74, 6) is -0.384. The van der Waals surface area contributed by atoms with Crippen LogP contribution in [-0.2, 0) is 17.1 Å². The fraction of sp³-hybridized carbons (Fsp3) is 0.200. The Bertz CT molecular complexity index is 886. The van der Waals surface area contributed by atoms with Crippen LogP contribution in [0.1, 0.15) is 28.9 Å². The Kier molecular flexibility index (Phi) is 4.67. The minimum absolute atomic E-state index is 0.00586. The molecule has 0 saturated heterocycles. The van der Waals surface area contributed by atoms with Gasteiger partial charge in [0.1, 0.15) is 0 Å². The highest BCUT2D eigenvalue weighted by Gasteiger charge is 2.13. The third-order valence-electron chi connectivity index (χ3n) is 3.42. The Morgan fingerprint density at radius 3 is 2.35 bits per heavy atom. The summed E-state index contributed by atoms with van der Waals surface area (Å²) < 4.78 is 23.8. The molecule has 0 aliphatic heterocycles. The number of carbonyl (C=O) groups excluding carboxylic acids is 1. The Morgan fingerprint density at radius 1 is 1.22 bits per heavy atom. The zero-order valence-electron chi connectivity index (χ0n) is 12.7. The van der Waals surface area contributed by atoms with Crippen molar-refractivity contribution in [3.63, 3.8) is 0 Å². The minimum Gasteiger partial charge on any atom is -0.346 e. The number of amides is 1. The van der Waals surface area contributed by atoms with Crippen molar-refractivity contribution in [1.29, 1.82) is 0 Å². The number of nitrogens with one attached hydrogen (secondary N) is 1. The molecule has 8 heteroatoms. The van der Waals surface area contributed by atoms with Crippen molar-refractivity contribution in [2.24, 2.45) is 12.2 Å². The molecule has 2 rings (SSSR count). The van der Waals surface area contributed by atoms with Gasteiger partial charge in [-0.25, -0.2) is 13.6 Å². The molecule has 0 radical (unpaired) electrons. The Hall–Kier alpha value is -2.45. The molecule has 23 heavy (non-hydrogen) atoms. The lowest BCUT2D eigenvalue weighted by Gasteiger charge is -2.15. The number of aryl methyl sites for hydroxylation is 1. The molecule has 2 aromatic rings. The van der Waals surface area contributed by atoms with Gasteiger partial charge in [-0.15, -0.1) is 0 Å². The predicted molar refractivity (Wildman–Crippen MR) is 85.4 cm³/mol. The van der Waals surface area contributed by atoms with Crippen molar-refractivity contribution in [2.45, 2.75) is 17.9 Å². The highest BCUT2D eigenvalue weighted by atomic mass is 32.2. The zero-order valence-corrected chi connectivity index (χ0v) is 13.5. The molecule has 0 spiro atoms. The summed E-state index contributed by atoms with van der Waals surface area (Å²) in [6, 6.07) is 8.36. The van der Waals surface area contributed by atoms with E-state index < -0.39 is 10.0 Å². The van der Waals surface area contributed by atoms with Gasteiger partial charge in [0.05, 0.1) is 10.9 Å². The number of benzene rings is 1. The summed E-state index contributed by atoms with van der Waals surface area (Å²) in [5, 5.41) is 7.79. The third kappa shape index (κ3) is 4.05. The van der Waals surface area contributed by atoms with Gasteiger partial charge in [0.15, 0.2) is 0 Å². The first-order valence-electron chi connectivity index (χ1n) is 6.79. The first kappa shape index (κ1) is 16.9. The number of sulfonamides is 1. The zero-order chi connectivity index (χ0) is 17.2. The van der Waals surface area contributed by atoms with Gasteiger partial charge in [-0.05, 0) is 30.7 Å². The van der Waals surface area contributed by atoms with Crippen LogP contribution in [0.3, 0.4) is 0 Å². The quantitative estimate of drug-likeness (QED) is 0.848. The largest absolute Gasteiger partial charge is 0.346 e. The fourth-order valence-corrected chi connectivity index (χ4v) is 2.51. The summed E-state index contributed by atoms with van der Waals surface area (Å²) >= 11 is 0. The maximum atomic E-state index is 12.1. The molecule has 1 aromatic heterocycles. The summed E-state index contributed by atoms with van der Waals surface area (Å²) in [7, 11) is -2.15. The number of hydrogen-bond acceptors (Lipinski definition) is 4. The van der Waals surface area contributed by atoms with Crippen molar-refractivity contribution >= 4 is 15.9 Å². The van der Waals surface area contributed by atoms with E-state index in [1.54, 1.807) is 32.2 Å². The standard InChI is InChI=1S/C15H17N3O4S/c1-10(11-3-5-13(6-4-11)23(16,21)22)17-15(20)12-7-8-18(2)14(19)9-12/h3-10H,1-2H3,(H,17,20)(H2,16,21,22)/t10-/m0/s1. The van der Waals surface area contributed by atoms with E-state index >= 15 is 0 Å². The van der Waals surface area contributed by atoms with Gasteiger partial charge in [-0.2, -0.15) is 0 Å². The Balaban J connectivity index is 2.15. The third-order valence-corrected chi connectivity index (χ3v) is 4.35. The van der Waals surface area contributed by atoms with E-state index in [2.05, 4.69) is 5.32 Å². The minimum atomic E-state index is -3.74. The molecule has 1 heterocycles. The number of nitrogens with two attached hydrogens (primary N) is 1. The molecule has 1 aromatic carbocycles. The molecule has 7 nitrogen and oxygen atoms in total. The average Bonchev–Trinajstić information content (AvgIpc) is 2.49. The van der Waals surface area contributed by atoms with Crippen LogP contribution < -0.4 is 16.0 Å². The van der Waals surface area contributed by atoms with E-state index in [9.17, 15) is 18.0 Å². The number of nitrogens with zero attached hydrogens (tertiary/aromatic N) is 1. The number of carbonyl (C=O) groups is 1. The smallest absolute Gasteiger partial charge is 0.252 e. The molecular formula is C15H17N3O4S. The van der Waals surface area contributed by atoms with Crippen LogP contribution in [0.2, 0.25) is 0 Å². The monoisotopic (exact) mass is 335 g/mol. The van der Waals surface area contributed by atoms with Gasteiger partial charge in [0, 0.05) is 24.9 Å². The summed E-state index contributed by atoms with van der Waals surface area (Å²) in [6.45, 7) is 1.75. The molecule has 0 unspecified atom stereocenters. The van der Waals surface area contributed by atoms with Crippen molar-refractivity contribution in [2.75, 3.05) is 0 Å². The van der Waals surface area contributed by atoms with Gasteiger partial charge in [-0.1, -0.05) is 12.1 Å². The molecule has 0 bridgehead atoms. The Labute approximate surface area is 133 Å². The summed E-state index contributed by atoms with van der Waals surface area (Å²) in [6.07, 6.45) is 1.52. The topological polar surface area (TPSA) is 111 Å². The van der Waals surface area contributed by atoms with E-state index in [0.717, 1.165) is 5.56 Å². The second-order valence-electron chi connectivity index (χ2n) is 5.17. The molecule has 1 atom stereocenters. The normalized spacial score (nSPS) is 12.7. The van der Waals surface area contributed by atoms with Crippen molar-refractivity contribution < 1.29 is 13.2 Å². The number of rotatable bonds is 4. The number of hydrogen-bond donors (Lipinski definition) is 2. The van der Waals surface area contributed by atoms with Crippen LogP contribution in [0.5, 0.6) is 0 Å². The van der Waals surface area contributed by atoms with Crippen LogP contribution in [0.15, 0.2) is 52.3 Å². The first-order chi connectivity index (χ1) is 10.7. The van der Waals surface area contributed by atoms with E-state index in [1.165, 1.54) is 29.0 Å². The lowest BCUT2D eigenvalue weighted by atomic mass is 10.1. The molecule has 1 amide bonds. The first-order valence-corrected chi connectivity index (χ1v) is 8.33. The number of pyridine rings is 1. The van der Waals surface area contributed by atoms with E-state index in [-0.39, 0.29) is 28.0 Å². The van der Waals surface area contributed by atoms with Crippen molar-refractivity contribution in [3.8, 4) is 0 Å². The number of aromatic nitrogens is 1. The van der Waals surface area contributed by atoms with Crippen LogP contribution in [-0.4, -0.2) is 18.9 Å². The number of primary sulfonamides is 1. The lowest BCUT2D eigenvalue weighted by Crippen LogP contribution is -2.28. The van der Waals surface area contributed by atoms with Gasteiger partial charge in [-0.3, -0.25) is 9.59 Å². The average molecular weight is 335 g/mol. The molecule has 0 fully saturated rings. The predicted octanol–water partition coefficient (Wildman–Crippen LogP) is 0.524. The summed E-state index contributed by atoms with van der Waals surface area (Å²) in [5.41, 5.74) is 0.707. The van der Waals surface area contributed by atoms with E-state index in [1.807, 2.05) is 0 Å².